The second-order valence-corrected chi connectivity index (χ2v) is 5.07. The van der Waals surface area contributed by atoms with E-state index in [1.807, 2.05) is 0 Å². The Balaban J connectivity index is 1.78. The quantitative estimate of drug-likeness (QED) is 0.749. The number of nitrogens with one attached hydrogen (secondary N) is 1. The minimum Gasteiger partial charge on any atom is -0.452 e. The van der Waals surface area contributed by atoms with Crippen LogP contribution in [0.2, 0.25) is 0 Å². The van der Waals surface area contributed by atoms with Crippen molar-refractivity contribution in [2.75, 3.05) is 0 Å². The van der Waals surface area contributed by atoms with Gasteiger partial charge in [0.05, 0.1) is 0 Å². The topological polar surface area (TPSA) is 55.4 Å². The maximum Gasteiger partial charge on any atom is 0.306 e. The highest BCUT2D eigenvalue weighted by molar-refractivity contribution is 5.86. The third-order valence-corrected chi connectivity index (χ3v) is 3.63. The van der Waals surface area contributed by atoms with E-state index < -0.39 is 6.10 Å². The van der Waals surface area contributed by atoms with Crippen molar-refractivity contribution in [1.29, 1.82) is 0 Å². The summed E-state index contributed by atoms with van der Waals surface area (Å²) in [4.78, 5) is 22.8. The Hall–Kier alpha value is -1.06. The van der Waals surface area contributed by atoms with E-state index in [2.05, 4.69) is 5.32 Å². The molecule has 2 rings (SSSR count). The maximum atomic E-state index is 11.9. The minimum atomic E-state index is -0.534. The Kier molecular flexibility index (Phi) is 4.40. The fourth-order valence-electron chi connectivity index (χ4n) is 2.60. The molecular formula is C13H21NO3. The van der Waals surface area contributed by atoms with E-state index in [1.54, 1.807) is 0 Å². The van der Waals surface area contributed by atoms with Crippen molar-refractivity contribution >= 4 is 11.9 Å². The summed E-state index contributed by atoms with van der Waals surface area (Å²) in [5.74, 6) is -0.343. The summed E-state index contributed by atoms with van der Waals surface area (Å²) in [6.07, 6.45) is 8.74. The molecule has 0 spiro atoms. The molecule has 0 aromatic rings. The average molecular weight is 239 g/mol. The Morgan fingerprint density at radius 1 is 1.06 bits per heavy atom. The highest BCUT2D eigenvalue weighted by atomic mass is 16.6. The number of carbonyl (C=O) groups is 2. The number of rotatable bonds is 2. The van der Waals surface area contributed by atoms with Gasteiger partial charge in [0.2, 0.25) is 0 Å². The van der Waals surface area contributed by atoms with E-state index in [0.29, 0.717) is 12.8 Å². The first-order valence-electron chi connectivity index (χ1n) is 6.75. The van der Waals surface area contributed by atoms with Crippen molar-refractivity contribution in [2.45, 2.75) is 69.9 Å². The summed E-state index contributed by atoms with van der Waals surface area (Å²) in [5, 5.41) is 3.03. The number of amides is 1. The van der Waals surface area contributed by atoms with Crippen molar-refractivity contribution < 1.29 is 14.3 Å². The van der Waals surface area contributed by atoms with Gasteiger partial charge in [0.15, 0.2) is 6.10 Å². The number of hydrogen-bond donors (Lipinski definition) is 1. The van der Waals surface area contributed by atoms with E-state index in [9.17, 15) is 9.59 Å². The molecule has 1 heterocycles. The van der Waals surface area contributed by atoms with Crippen molar-refractivity contribution in [2.24, 2.45) is 0 Å². The van der Waals surface area contributed by atoms with Crippen LogP contribution in [0.3, 0.4) is 0 Å². The van der Waals surface area contributed by atoms with Crippen LogP contribution in [-0.2, 0) is 14.3 Å². The van der Waals surface area contributed by atoms with Crippen LogP contribution in [0.25, 0.3) is 0 Å². The van der Waals surface area contributed by atoms with E-state index in [1.165, 1.54) is 32.1 Å². The Labute approximate surface area is 102 Å². The first-order chi connectivity index (χ1) is 8.25. The highest BCUT2D eigenvalue weighted by Crippen LogP contribution is 2.19. The standard InChI is InChI=1S/C13H21NO3/c15-12-9-8-11(17-12)13(16)14-10-6-4-2-1-3-5-7-10/h10-11H,1-9H2,(H,14,16)/t11-/m0/s1. The Bertz CT molecular complexity index is 282. The van der Waals surface area contributed by atoms with Crippen molar-refractivity contribution in [3.8, 4) is 0 Å². The van der Waals surface area contributed by atoms with Gasteiger partial charge >= 0.3 is 5.97 Å². The number of hydrogen-bond acceptors (Lipinski definition) is 3. The predicted molar refractivity (Wildman–Crippen MR) is 63.4 cm³/mol. The summed E-state index contributed by atoms with van der Waals surface area (Å²) in [6, 6.07) is 0.280. The minimum absolute atomic E-state index is 0.0959. The van der Waals surface area contributed by atoms with Crippen LogP contribution in [-0.4, -0.2) is 24.0 Å². The van der Waals surface area contributed by atoms with Crippen molar-refractivity contribution in [3.05, 3.63) is 0 Å². The molecular weight excluding hydrogens is 218 g/mol. The van der Waals surface area contributed by atoms with Gasteiger partial charge in [-0.1, -0.05) is 32.1 Å². The van der Waals surface area contributed by atoms with Gasteiger partial charge in [-0.3, -0.25) is 9.59 Å². The molecule has 1 aliphatic carbocycles. The fraction of sp³-hybridized carbons (Fsp3) is 0.846. The van der Waals surface area contributed by atoms with Gasteiger partial charge < -0.3 is 10.1 Å². The molecule has 1 saturated heterocycles. The predicted octanol–water partition coefficient (Wildman–Crippen LogP) is 1.92. The summed E-state index contributed by atoms with van der Waals surface area (Å²) in [6.45, 7) is 0. The number of cyclic esters (lactones) is 1. The Morgan fingerprint density at radius 2 is 1.71 bits per heavy atom. The lowest BCUT2D eigenvalue weighted by molar-refractivity contribution is -0.148. The second kappa shape index (κ2) is 6.03. The van der Waals surface area contributed by atoms with Crippen LogP contribution >= 0.6 is 0 Å². The third-order valence-electron chi connectivity index (χ3n) is 3.63. The molecule has 1 saturated carbocycles. The highest BCUT2D eigenvalue weighted by Gasteiger charge is 2.30. The van der Waals surface area contributed by atoms with Crippen molar-refractivity contribution in [1.82, 2.24) is 5.32 Å². The SMILES string of the molecule is O=C1CC[C@@H](C(=O)NC2CCCCCCC2)O1. The van der Waals surface area contributed by atoms with Gasteiger partial charge in [-0.05, 0) is 12.8 Å². The van der Waals surface area contributed by atoms with Gasteiger partial charge in [-0.25, -0.2) is 0 Å². The van der Waals surface area contributed by atoms with Crippen LogP contribution in [0.1, 0.15) is 57.8 Å². The molecule has 0 aromatic carbocycles. The smallest absolute Gasteiger partial charge is 0.306 e. The van der Waals surface area contributed by atoms with Gasteiger partial charge in [-0.2, -0.15) is 0 Å². The van der Waals surface area contributed by atoms with E-state index in [-0.39, 0.29) is 17.9 Å². The molecule has 2 fully saturated rings. The molecule has 1 amide bonds. The molecule has 0 unspecified atom stereocenters. The first kappa shape index (κ1) is 12.4. The molecule has 0 bridgehead atoms. The van der Waals surface area contributed by atoms with Gasteiger partial charge in [0.25, 0.3) is 5.91 Å². The number of carbonyl (C=O) groups excluding carboxylic acids is 2. The largest absolute Gasteiger partial charge is 0.452 e. The summed E-state index contributed by atoms with van der Waals surface area (Å²) < 4.78 is 4.97. The molecule has 1 aliphatic heterocycles. The van der Waals surface area contributed by atoms with Gasteiger partial charge in [0, 0.05) is 18.9 Å². The fourth-order valence-corrected chi connectivity index (χ4v) is 2.60. The van der Waals surface area contributed by atoms with E-state index >= 15 is 0 Å². The average Bonchev–Trinajstić information content (AvgIpc) is 2.68. The maximum absolute atomic E-state index is 11.9. The molecule has 4 heteroatoms. The van der Waals surface area contributed by atoms with Gasteiger partial charge in [0.1, 0.15) is 0 Å². The van der Waals surface area contributed by atoms with Crippen LogP contribution in [0.5, 0.6) is 0 Å². The van der Waals surface area contributed by atoms with Crippen LogP contribution in [0, 0.1) is 0 Å². The van der Waals surface area contributed by atoms with Gasteiger partial charge in [-0.15, -0.1) is 0 Å². The van der Waals surface area contributed by atoms with Crippen LogP contribution in [0.4, 0.5) is 0 Å². The molecule has 1 N–H and O–H groups in total. The molecule has 0 radical (unpaired) electrons. The molecule has 96 valence electrons. The molecule has 17 heavy (non-hydrogen) atoms. The molecule has 0 aromatic heterocycles. The molecule has 1 atom stereocenters. The van der Waals surface area contributed by atoms with Crippen LogP contribution < -0.4 is 5.32 Å². The van der Waals surface area contributed by atoms with Crippen molar-refractivity contribution in [3.63, 3.8) is 0 Å². The number of ether oxygens (including phenoxy) is 1. The van der Waals surface area contributed by atoms with Crippen LogP contribution in [0.15, 0.2) is 0 Å². The molecule has 4 nitrogen and oxygen atoms in total. The summed E-state index contributed by atoms with van der Waals surface area (Å²) in [7, 11) is 0. The third kappa shape index (κ3) is 3.72. The zero-order chi connectivity index (χ0) is 12.1. The summed E-state index contributed by atoms with van der Waals surface area (Å²) >= 11 is 0. The first-order valence-corrected chi connectivity index (χ1v) is 6.75. The Morgan fingerprint density at radius 3 is 2.29 bits per heavy atom. The van der Waals surface area contributed by atoms with E-state index in [0.717, 1.165) is 12.8 Å². The lowest BCUT2D eigenvalue weighted by Crippen LogP contribution is -2.41. The lowest BCUT2D eigenvalue weighted by atomic mass is 9.96. The monoisotopic (exact) mass is 239 g/mol. The summed E-state index contributed by atoms with van der Waals surface area (Å²) in [5.41, 5.74) is 0. The second-order valence-electron chi connectivity index (χ2n) is 5.07. The lowest BCUT2D eigenvalue weighted by Gasteiger charge is -2.22. The normalized spacial score (nSPS) is 27.1. The zero-order valence-corrected chi connectivity index (χ0v) is 10.2. The zero-order valence-electron chi connectivity index (χ0n) is 10.2. The van der Waals surface area contributed by atoms with E-state index in [4.69, 9.17) is 4.74 Å². The number of esters is 1. The molecule has 2 aliphatic rings.